The molecule has 3 aliphatic heterocycles. The van der Waals surface area contributed by atoms with Crippen molar-refractivity contribution in [1.29, 1.82) is 0 Å². The van der Waals surface area contributed by atoms with Crippen LogP contribution >= 0.6 is 0 Å². The Hall–Kier alpha value is -5.11. The number of unbranched alkanes of at least 4 members (excludes halogenated alkanes) is 10. The van der Waals surface area contributed by atoms with Gasteiger partial charge in [0.2, 0.25) is 5.91 Å². The van der Waals surface area contributed by atoms with Gasteiger partial charge in [-0.05, 0) is 135 Å². The Morgan fingerprint density at radius 1 is 0.370 bits per heavy atom. The second-order valence-corrected chi connectivity index (χ2v) is 25.3. The highest BCUT2D eigenvalue weighted by Gasteiger charge is 2.53. The van der Waals surface area contributed by atoms with Crippen molar-refractivity contribution in [2.45, 2.75) is 291 Å². The van der Waals surface area contributed by atoms with Crippen molar-refractivity contribution >= 4 is 5.91 Å². The van der Waals surface area contributed by atoms with E-state index < -0.39 is 131 Å². The molecular formula is C81H127NO18. The van der Waals surface area contributed by atoms with E-state index in [2.05, 4.69) is 189 Å². The SMILES string of the molecule is CC/C=C\C/C=C\C/C=C\C/C=C\C/C=C\C/C=C\C/C=C\C/C=C\C/C=C\C/C=C\C/C=C\C/C=C\CCCCC(=O)NC(COC1OC(CO)C(OC2OC(CO)C(OC3OC(CO)C(O)C(O)C3O)C(O)C2O)C(O)C1O)C(O)/C=C/CC/C=C/CC/C=C/CCCCCCCC. The van der Waals surface area contributed by atoms with Gasteiger partial charge in [-0.3, -0.25) is 4.79 Å². The van der Waals surface area contributed by atoms with Crippen LogP contribution in [-0.2, 0) is 33.2 Å². The van der Waals surface area contributed by atoms with Crippen molar-refractivity contribution in [3.05, 3.63) is 182 Å². The number of rotatable bonds is 54. The molecule has 0 spiro atoms. The Morgan fingerprint density at radius 3 is 1.12 bits per heavy atom. The van der Waals surface area contributed by atoms with Gasteiger partial charge in [-0.25, -0.2) is 0 Å². The van der Waals surface area contributed by atoms with Gasteiger partial charge < -0.3 is 89.9 Å². The zero-order chi connectivity index (χ0) is 72.5. The van der Waals surface area contributed by atoms with Crippen LogP contribution in [0.1, 0.15) is 187 Å². The van der Waals surface area contributed by atoms with Gasteiger partial charge in [0.25, 0.3) is 0 Å². The molecule has 3 rings (SSSR count). The van der Waals surface area contributed by atoms with Crippen molar-refractivity contribution in [2.24, 2.45) is 0 Å². The summed E-state index contributed by atoms with van der Waals surface area (Å²) in [5, 5.41) is 120. The Bertz CT molecular complexity index is 2520. The lowest BCUT2D eigenvalue weighted by Crippen LogP contribution is -2.66. The second-order valence-electron chi connectivity index (χ2n) is 25.3. The van der Waals surface area contributed by atoms with Gasteiger partial charge in [0.1, 0.15) is 73.2 Å². The summed E-state index contributed by atoms with van der Waals surface area (Å²) in [6.07, 6.45) is 63.1. The van der Waals surface area contributed by atoms with Gasteiger partial charge in [0.15, 0.2) is 18.9 Å². The van der Waals surface area contributed by atoms with Crippen molar-refractivity contribution in [2.75, 3.05) is 26.4 Å². The molecule has 564 valence electrons. The number of aliphatic hydroxyl groups is 11. The summed E-state index contributed by atoms with van der Waals surface area (Å²) in [6.45, 7) is 1.51. The molecule has 0 saturated carbocycles. The molecule has 3 heterocycles. The van der Waals surface area contributed by atoms with E-state index in [1.807, 2.05) is 6.08 Å². The van der Waals surface area contributed by atoms with Crippen LogP contribution in [0, 0.1) is 0 Å². The molecule has 0 aromatic heterocycles. The molecular weight excluding hydrogens is 1270 g/mol. The third-order valence-electron chi connectivity index (χ3n) is 16.9. The summed E-state index contributed by atoms with van der Waals surface area (Å²) < 4.78 is 34.3. The second kappa shape index (κ2) is 59.3. The minimum Gasteiger partial charge on any atom is -0.394 e. The quantitative estimate of drug-likeness (QED) is 0.0199. The molecule has 0 bridgehead atoms. The van der Waals surface area contributed by atoms with Crippen molar-refractivity contribution < 1.29 is 89.4 Å². The zero-order valence-electron chi connectivity index (χ0n) is 59.8. The maximum absolute atomic E-state index is 13.4. The van der Waals surface area contributed by atoms with Crippen LogP contribution in [0.5, 0.6) is 0 Å². The average Bonchev–Trinajstić information content (AvgIpc) is 0.784. The van der Waals surface area contributed by atoms with E-state index in [4.69, 9.17) is 28.4 Å². The third-order valence-corrected chi connectivity index (χ3v) is 16.9. The number of carbonyl (C=O) groups is 1. The lowest BCUT2D eigenvalue weighted by molar-refractivity contribution is -0.379. The Balaban J connectivity index is 1.40. The van der Waals surface area contributed by atoms with Crippen molar-refractivity contribution in [1.82, 2.24) is 5.32 Å². The maximum Gasteiger partial charge on any atom is 0.220 e. The van der Waals surface area contributed by atoms with E-state index in [0.717, 1.165) is 116 Å². The van der Waals surface area contributed by atoms with E-state index in [0.29, 0.717) is 12.8 Å². The third kappa shape index (κ3) is 39.5. The predicted octanol–water partition coefficient (Wildman–Crippen LogP) is 11.2. The molecule has 17 atom stereocenters. The smallest absolute Gasteiger partial charge is 0.220 e. The monoisotopic (exact) mass is 1400 g/mol. The Kier molecular flexibility index (Phi) is 52.8. The minimum absolute atomic E-state index is 0.163. The number of amides is 1. The summed E-state index contributed by atoms with van der Waals surface area (Å²) >= 11 is 0. The van der Waals surface area contributed by atoms with Crippen LogP contribution in [0.25, 0.3) is 0 Å². The molecule has 0 aromatic carbocycles. The average molecular weight is 1400 g/mol. The maximum atomic E-state index is 13.4. The van der Waals surface area contributed by atoms with Gasteiger partial charge in [0.05, 0.1) is 38.6 Å². The minimum atomic E-state index is -2.00. The van der Waals surface area contributed by atoms with Crippen LogP contribution < -0.4 is 5.32 Å². The number of allylic oxidation sites excluding steroid dienone is 29. The first kappa shape index (κ1) is 89.1. The largest absolute Gasteiger partial charge is 0.394 e. The molecule has 100 heavy (non-hydrogen) atoms. The summed E-state index contributed by atoms with van der Waals surface area (Å²) in [5.74, 6) is -0.341. The number of hydrogen-bond donors (Lipinski definition) is 12. The lowest BCUT2D eigenvalue weighted by atomic mass is 9.96. The molecule has 3 saturated heterocycles. The fourth-order valence-electron chi connectivity index (χ4n) is 11.0. The molecule has 19 heteroatoms. The number of nitrogens with one attached hydrogen (secondary N) is 1. The van der Waals surface area contributed by atoms with E-state index in [9.17, 15) is 61.0 Å². The van der Waals surface area contributed by atoms with E-state index in [1.54, 1.807) is 6.08 Å². The zero-order valence-corrected chi connectivity index (χ0v) is 59.8. The highest BCUT2D eigenvalue weighted by atomic mass is 16.8. The van der Waals surface area contributed by atoms with E-state index in [-0.39, 0.29) is 12.3 Å². The molecule has 17 unspecified atom stereocenters. The summed E-state index contributed by atoms with van der Waals surface area (Å²) in [6, 6.07) is -1.03. The predicted molar refractivity (Wildman–Crippen MR) is 396 cm³/mol. The number of hydrogen-bond acceptors (Lipinski definition) is 18. The van der Waals surface area contributed by atoms with Gasteiger partial charge in [0, 0.05) is 6.42 Å². The molecule has 12 N–H and O–H groups in total. The highest BCUT2D eigenvalue weighted by molar-refractivity contribution is 5.76. The molecule has 0 aliphatic carbocycles. The lowest BCUT2D eigenvalue weighted by Gasteiger charge is -2.48. The van der Waals surface area contributed by atoms with Crippen molar-refractivity contribution in [3.8, 4) is 0 Å². The van der Waals surface area contributed by atoms with E-state index >= 15 is 0 Å². The van der Waals surface area contributed by atoms with Gasteiger partial charge in [-0.1, -0.05) is 228 Å². The number of aliphatic hydroxyl groups excluding tert-OH is 11. The Morgan fingerprint density at radius 2 is 0.700 bits per heavy atom. The molecule has 0 radical (unpaired) electrons. The summed E-state index contributed by atoms with van der Waals surface area (Å²) in [5.41, 5.74) is 0. The first-order valence-corrected chi connectivity index (χ1v) is 37.0. The van der Waals surface area contributed by atoms with Gasteiger partial charge >= 0.3 is 0 Å². The fourth-order valence-corrected chi connectivity index (χ4v) is 11.0. The Labute approximate surface area is 598 Å². The van der Waals surface area contributed by atoms with Crippen LogP contribution in [0.15, 0.2) is 182 Å². The first-order valence-electron chi connectivity index (χ1n) is 37.0. The van der Waals surface area contributed by atoms with Crippen LogP contribution in [0.4, 0.5) is 0 Å². The summed E-state index contributed by atoms with van der Waals surface area (Å²) in [7, 11) is 0. The topological polar surface area (TPSA) is 307 Å². The molecule has 19 nitrogen and oxygen atoms in total. The fraction of sp³-hybridized carbons (Fsp3) is 0.617. The molecule has 0 aromatic rings. The number of ether oxygens (including phenoxy) is 6. The molecule has 3 aliphatic rings. The molecule has 3 fully saturated rings. The van der Waals surface area contributed by atoms with Crippen LogP contribution in [0.3, 0.4) is 0 Å². The van der Waals surface area contributed by atoms with E-state index in [1.165, 1.54) is 38.5 Å². The highest BCUT2D eigenvalue weighted by Crippen LogP contribution is 2.33. The van der Waals surface area contributed by atoms with Gasteiger partial charge in [-0.2, -0.15) is 0 Å². The van der Waals surface area contributed by atoms with Crippen molar-refractivity contribution in [3.63, 3.8) is 0 Å². The number of carbonyl (C=O) groups excluding carboxylic acids is 1. The normalized spacial score (nSPS) is 27.6. The molecule has 1 amide bonds. The van der Waals surface area contributed by atoms with Crippen LogP contribution in [-0.4, -0.2) is 193 Å². The summed E-state index contributed by atoms with van der Waals surface area (Å²) in [4.78, 5) is 13.4. The standard InChI is InChI=1S/C81H127NO18/c1-3-5-7-9-11-13-15-17-19-21-22-23-24-25-26-27-28-29-30-31-32-33-34-35-36-37-38-39-40-41-42-43-45-47-49-51-53-55-57-59-69(87)82-64(65(86)58-56-54-52-50-48-46-44-20-18-16-14-12-10-8-6-4-2)63-95-79-75(93)72(90)77(67(61-84)97-79)100-81-76(94)73(91)78(68(62-85)98-81)99-80-74(92)71(89)70(88)66(60-83)96-80/h5,7,11,13,17-20,22-23,25-26,28-29,31-32,34-35,37-38,40-41,43,45,48-51,56,58,64-68,70-81,83-86,88-94H,3-4,6,8-10,12,14-16,21,24,27,30,33,36,39,42,44,46-47,52-55,57,59-63H2,1-2H3,(H,82,87)/b7-5-,13-11-,19-17-,20-18+,23-22-,26-25-,29-28-,32-31-,35-34-,38-37-,41-40-,45-43-,50-48+,51-49-,58-56+. The van der Waals surface area contributed by atoms with Gasteiger partial charge in [-0.15, -0.1) is 0 Å². The first-order chi connectivity index (χ1) is 48.8. The van der Waals surface area contributed by atoms with Crippen LogP contribution in [0.2, 0.25) is 0 Å².